The average Bonchev–Trinajstić information content (AvgIpc) is 2.94. The fourth-order valence-corrected chi connectivity index (χ4v) is 4.18. The molecule has 0 amide bonds. The third kappa shape index (κ3) is 3.74. The molecule has 7 heteroatoms. The molecule has 0 spiro atoms. The minimum absolute atomic E-state index is 0.0820. The number of ketones is 1. The van der Waals surface area contributed by atoms with E-state index in [2.05, 4.69) is 10.2 Å². The first kappa shape index (κ1) is 15.3. The lowest BCUT2D eigenvalue weighted by molar-refractivity contribution is 0.0994. The molecule has 0 saturated carbocycles. The number of carbonyl (C=O) groups is 1. The molecule has 1 atom stereocenters. The molecule has 1 aromatic heterocycles. The van der Waals surface area contributed by atoms with Crippen LogP contribution in [0.2, 0.25) is 0 Å². The maximum Gasteiger partial charge on any atom is 0.175 e. The van der Waals surface area contributed by atoms with Gasteiger partial charge < -0.3 is 4.74 Å². The van der Waals surface area contributed by atoms with Crippen molar-refractivity contribution in [3.8, 4) is 5.75 Å². The number of Topliss-reactive ketones (excluding diaryl/α,β-unsaturated/α-hetero) is 1. The van der Waals surface area contributed by atoms with Gasteiger partial charge in [0.1, 0.15) is 5.75 Å². The zero-order chi connectivity index (χ0) is 14.5. The summed E-state index contributed by atoms with van der Waals surface area (Å²) in [5.74, 6) is 0.828. The second-order valence-corrected chi connectivity index (χ2v) is 7.51. The van der Waals surface area contributed by atoms with Crippen LogP contribution in [-0.4, -0.2) is 34.6 Å². The maximum atomic E-state index is 12.3. The number of hydrogen-bond donors (Lipinski definition) is 0. The monoisotopic (exact) mass is 326 g/mol. The van der Waals surface area contributed by atoms with Crippen molar-refractivity contribution in [2.75, 3.05) is 13.4 Å². The largest absolute Gasteiger partial charge is 0.497 e. The van der Waals surface area contributed by atoms with Crippen molar-refractivity contribution in [3.63, 3.8) is 0 Å². The topological polar surface area (TPSA) is 52.1 Å². The fraction of sp³-hybridized carbons (Fsp3) is 0.308. The van der Waals surface area contributed by atoms with E-state index < -0.39 is 0 Å². The van der Waals surface area contributed by atoms with Gasteiger partial charge in [-0.1, -0.05) is 34.9 Å². The quantitative estimate of drug-likeness (QED) is 0.597. The molecule has 0 saturated heterocycles. The maximum absolute atomic E-state index is 12.3. The van der Waals surface area contributed by atoms with Crippen molar-refractivity contribution in [1.29, 1.82) is 0 Å². The van der Waals surface area contributed by atoms with Crippen LogP contribution in [0.5, 0.6) is 5.75 Å². The summed E-state index contributed by atoms with van der Waals surface area (Å²) in [7, 11) is 1.61. The molecule has 4 nitrogen and oxygen atoms in total. The van der Waals surface area contributed by atoms with Crippen molar-refractivity contribution >= 4 is 40.6 Å². The predicted molar refractivity (Wildman–Crippen MR) is 84.3 cm³/mol. The fourth-order valence-electron chi connectivity index (χ4n) is 1.52. The van der Waals surface area contributed by atoms with Gasteiger partial charge in [0.15, 0.2) is 14.5 Å². The number of hydrogen-bond acceptors (Lipinski definition) is 7. The summed E-state index contributed by atoms with van der Waals surface area (Å²) in [5, 5.41) is 7.91. The van der Waals surface area contributed by atoms with E-state index in [1.807, 2.05) is 13.2 Å². The highest BCUT2D eigenvalue weighted by molar-refractivity contribution is 8.03. The molecule has 1 aromatic carbocycles. The van der Waals surface area contributed by atoms with Gasteiger partial charge in [-0.15, -0.1) is 10.2 Å². The predicted octanol–water partition coefficient (Wildman–Crippen LogP) is 3.63. The first-order valence-corrected chi connectivity index (χ1v) is 8.78. The number of carbonyl (C=O) groups excluding carboxylic acids is 1. The molecular formula is C13H14N2O2S3. The van der Waals surface area contributed by atoms with Crippen molar-refractivity contribution in [1.82, 2.24) is 10.2 Å². The Labute approximate surface area is 130 Å². The van der Waals surface area contributed by atoms with E-state index >= 15 is 0 Å². The summed E-state index contributed by atoms with van der Waals surface area (Å²) in [6.45, 7) is 1.89. The summed E-state index contributed by atoms with van der Waals surface area (Å²) < 4.78 is 6.82. The van der Waals surface area contributed by atoms with Gasteiger partial charge in [-0.2, -0.15) is 0 Å². The number of benzene rings is 1. The van der Waals surface area contributed by atoms with Gasteiger partial charge in [0.25, 0.3) is 0 Å². The number of ether oxygens (including phenoxy) is 1. The molecule has 20 heavy (non-hydrogen) atoms. The minimum atomic E-state index is -0.189. The van der Waals surface area contributed by atoms with Crippen LogP contribution in [0.3, 0.4) is 0 Å². The number of thioether (sulfide) groups is 2. The molecule has 1 heterocycles. The van der Waals surface area contributed by atoms with Crippen molar-refractivity contribution in [2.24, 2.45) is 0 Å². The molecule has 0 N–H and O–H groups in total. The van der Waals surface area contributed by atoms with E-state index in [1.165, 1.54) is 23.1 Å². The Hall–Kier alpha value is -1.05. The molecule has 0 unspecified atom stereocenters. The SMILES string of the molecule is COc1ccc(C(=O)[C@@H](C)Sc2nnc(SC)s2)cc1. The highest BCUT2D eigenvalue weighted by atomic mass is 32.2. The van der Waals surface area contributed by atoms with Crippen molar-refractivity contribution < 1.29 is 9.53 Å². The number of aromatic nitrogens is 2. The van der Waals surface area contributed by atoms with Crippen LogP contribution in [-0.2, 0) is 0 Å². The van der Waals surface area contributed by atoms with Gasteiger partial charge >= 0.3 is 0 Å². The first-order chi connectivity index (χ1) is 9.63. The molecule has 0 aliphatic carbocycles. The van der Waals surface area contributed by atoms with Crippen molar-refractivity contribution in [3.05, 3.63) is 29.8 Å². The number of methoxy groups -OCH3 is 1. The Kier molecular flexibility index (Phi) is 5.45. The Bertz CT molecular complexity index is 584. The van der Waals surface area contributed by atoms with Crippen LogP contribution in [0.25, 0.3) is 0 Å². The lowest BCUT2D eigenvalue weighted by Crippen LogP contribution is -2.13. The van der Waals surface area contributed by atoms with E-state index in [0.717, 1.165) is 14.4 Å². The normalized spacial score (nSPS) is 12.2. The Morgan fingerprint density at radius 3 is 2.45 bits per heavy atom. The third-order valence-corrected chi connectivity index (χ3v) is 5.67. The van der Waals surface area contributed by atoms with E-state index in [-0.39, 0.29) is 11.0 Å². The van der Waals surface area contributed by atoms with E-state index in [9.17, 15) is 4.79 Å². The van der Waals surface area contributed by atoms with Gasteiger partial charge in [-0.05, 0) is 37.4 Å². The third-order valence-electron chi connectivity index (χ3n) is 2.58. The van der Waals surface area contributed by atoms with Crippen LogP contribution in [0, 0.1) is 0 Å². The van der Waals surface area contributed by atoms with Gasteiger partial charge in [0.2, 0.25) is 0 Å². The second kappa shape index (κ2) is 7.10. The Morgan fingerprint density at radius 1 is 1.25 bits per heavy atom. The van der Waals surface area contributed by atoms with E-state index in [4.69, 9.17) is 4.74 Å². The molecule has 0 fully saturated rings. The van der Waals surface area contributed by atoms with Gasteiger partial charge in [-0.25, -0.2) is 0 Å². The second-order valence-electron chi connectivity index (χ2n) is 3.89. The van der Waals surface area contributed by atoms with Gasteiger partial charge in [-0.3, -0.25) is 4.79 Å². The van der Waals surface area contributed by atoms with E-state index in [1.54, 1.807) is 43.1 Å². The minimum Gasteiger partial charge on any atom is -0.497 e. The lowest BCUT2D eigenvalue weighted by Gasteiger charge is -2.08. The molecular weight excluding hydrogens is 312 g/mol. The lowest BCUT2D eigenvalue weighted by atomic mass is 10.1. The van der Waals surface area contributed by atoms with E-state index in [0.29, 0.717) is 5.56 Å². The van der Waals surface area contributed by atoms with Crippen LogP contribution < -0.4 is 4.74 Å². The Balaban J connectivity index is 2.03. The zero-order valence-corrected chi connectivity index (χ0v) is 13.8. The summed E-state index contributed by atoms with van der Waals surface area (Å²) in [5.41, 5.74) is 0.681. The van der Waals surface area contributed by atoms with Crippen LogP contribution in [0.1, 0.15) is 17.3 Å². The van der Waals surface area contributed by atoms with Gasteiger partial charge in [0, 0.05) is 5.56 Å². The highest BCUT2D eigenvalue weighted by Gasteiger charge is 2.18. The highest BCUT2D eigenvalue weighted by Crippen LogP contribution is 2.31. The standard InChI is InChI=1S/C13H14N2O2S3/c1-8(19-13-15-14-12(18-3)20-13)11(16)9-4-6-10(17-2)7-5-9/h4-8H,1-3H3/t8-/m1/s1. The molecule has 0 radical (unpaired) electrons. The van der Waals surface area contributed by atoms with Crippen LogP contribution in [0.15, 0.2) is 32.9 Å². The smallest absolute Gasteiger partial charge is 0.175 e. The number of rotatable bonds is 6. The summed E-state index contributed by atoms with van der Waals surface area (Å²) in [6.07, 6.45) is 1.96. The molecule has 2 rings (SSSR count). The van der Waals surface area contributed by atoms with Gasteiger partial charge in [0.05, 0.1) is 12.4 Å². The number of nitrogens with zero attached hydrogens (tertiary/aromatic N) is 2. The Morgan fingerprint density at radius 2 is 1.90 bits per heavy atom. The molecule has 0 bridgehead atoms. The molecule has 2 aromatic rings. The average molecular weight is 326 g/mol. The summed E-state index contributed by atoms with van der Waals surface area (Å²) >= 11 is 4.51. The van der Waals surface area contributed by atoms with Crippen LogP contribution >= 0.6 is 34.9 Å². The molecule has 0 aliphatic heterocycles. The summed E-state index contributed by atoms with van der Waals surface area (Å²) in [6, 6.07) is 7.15. The van der Waals surface area contributed by atoms with Crippen LogP contribution in [0.4, 0.5) is 0 Å². The molecule has 0 aliphatic rings. The zero-order valence-electron chi connectivity index (χ0n) is 11.3. The first-order valence-electron chi connectivity index (χ1n) is 5.86. The van der Waals surface area contributed by atoms with Crippen molar-refractivity contribution in [2.45, 2.75) is 20.9 Å². The molecule has 106 valence electrons. The summed E-state index contributed by atoms with van der Waals surface area (Å²) in [4.78, 5) is 12.3.